The molecule has 5 heteroatoms. The van der Waals surface area contributed by atoms with Crippen LogP contribution < -0.4 is 0 Å². The number of ether oxygens (including phenoxy) is 2. The van der Waals surface area contributed by atoms with Crippen molar-refractivity contribution >= 4 is 12.1 Å². The summed E-state index contributed by atoms with van der Waals surface area (Å²) in [6.07, 6.45) is 1.35. The molecule has 0 radical (unpaired) electrons. The van der Waals surface area contributed by atoms with E-state index in [1.165, 1.54) is 0 Å². The summed E-state index contributed by atoms with van der Waals surface area (Å²) in [5.74, 6) is 0.00587. The van der Waals surface area contributed by atoms with E-state index < -0.39 is 5.60 Å². The fourth-order valence-electron chi connectivity index (χ4n) is 2.72. The van der Waals surface area contributed by atoms with Crippen molar-refractivity contribution < 1.29 is 19.1 Å². The fraction of sp³-hybridized carbons (Fsp3) is 0.875. The lowest BCUT2D eigenvalue weighted by molar-refractivity contribution is -0.150. The lowest BCUT2D eigenvalue weighted by Crippen LogP contribution is -2.48. The van der Waals surface area contributed by atoms with Crippen molar-refractivity contribution in [3.05, 3.63) is 0 Å². The van der Waals surface area contributed by atoms with E-state index in [9.17, 15) is 9.59 Å². The highest BCUT2D eigenvalue weighted by Gasteiger charge is 2.35. The van der Waals surface area contributed by atoms with Crippen molar-refractivity contribution in [1.82, 2.24) is 4.90 Å². The van der Waals surface area contributed by atoms with E-state index in [0.29, 0.717) is 13.2 Å². The first kappa shape index (κ1) is 17.8. The summed E-state index contributed by atoms with van der Waals surface area (Å²) in [4.78, 5) is 25.7. The van der Waals surface area contributed by atoms with Crippen LogP contribution in [0.15, 0.2) is 0 Å². The topological polar surface area (TPSA) is 55.8 Å². The van der Waals surface area contributed by atoms with Gasteiger partial charge in [0.05, 0.1) is 12.5 Å². The van der Waals surface area contributed by atoms with Crippen molar-refractivity contribution in [2.24, 2.45) is 11.8 Å². The number of hydrogen-bond donors (Lipinski definition) is 0. The summed E-state index contributed by atoms with van der Waals surface area (Å²) in [5, 5.41) is 0. The van der Waals surface area contributed by atoms with Crippen molar-refractivity contribution in [2.45, 2.75) is 66.0 Å². The zero-order valence-corrected chi connectivity index (χ0v) is 14.1. The van der Waals surface area contributed by atoms with Gasteiger partial charge < -0.3 is 14.4 Å². The lowest BCUT2D eigenvalue weighted by Gasteiger charge is -2.39. The second kappa shape index (κ2) is 7.14. The van der Waals surface area contributed by atoms with Gasteiger partial charge in [0, 0.05) is 12.6 Å². The molecule has 0 spiro atoms. The number of carbonyl (C=O) groups excluding carboxylic acids is 2. The Kier molecular flexibility index (Phi) is 6.05. The number of nitrogens with zero attached hydrogens (tertiary/aromatic N) is 1. The molecule has 3 unspecified atom stereocenters. The largest absolute Gasteiger partial charge is 0.466 e. The van der Waals surface area contributed by atoms with Crippen LogP contribution in [0.5, 0.6) is 0 Å². The van der Waals surface area contributed by atoms with Gasteiger partial charge in [-0.3, -0.25) is 4.79 Å². The van der Waals surface area contributed by atoms with Gasteiger partial charge in [-0.15, -0.1) is 0 Å². The average Bonchev–Trinajstić information content (AvgIpc) is 2.35. The van der Waals surface area contributed by atoms with E-state index in [2.05, 4.69) is 0 Å². The fourth-order valence-corrected chi connectivity index (χ4v) is 2.72. The van der Waals surface area contributed by atoms with Gasteiger partial charge in [-0.25, -0.2) is 4.79 Å². The Morgan fingerprint density at radius 3 is 2.43 bits per heavy atom. The summed E-state index contributed by atoms with van der Waals surface area (Å²) >= 11 is 0. The second-order valence-corrected chi connectivity index (χ2v) is 6.85. The quantitative estimate of drug-likeness (QED) is 0.751. The number of esters is 1. The van der Waals surface area contributed by atoms with Crippen LogP contribution in [0.1, 0.15) is 54.4 Å². The molecule has 0 N–H and O–H groups in total. The molecule has 1 aliphatic rings. The van der Waals surface area contributed by atoms with Crippen LogP contribution in [-0.2, 0) is 14.3 Å². The molecular weight excluding hydrogens is 270 g/mol. The normalized spacial score (nSPS) is 24.4. The SMILES string of the molecule is CCOC(=O)C(C)C1CCN(C(=O)OC(C)(C)C)C(C)C1. The Bertz CT molecular complexity index is 375. The minimum Gasteiger partial charge on any atom is -0.466 e. The van der Waals surface area contributed by atoms with Crippen LogP contribution in [0.3, 0.4) is 0 Å². The Hall–Kier alpha value is -1.26. The highest BCUT2D eigenvalue weighted by molar-refractivity contribution is 5.72. The summed E-state index contributed by atoms with van der Waals surface area (Å²) in [6.45, 7) is 12.4. The van der Waals surface area contributed by atoms with Crippen LogP contribution in [0.25, 0.3) is 0 Å². The Labute approximate surface area is 128 Å². The molecule has 1 rings (SSSR count). The van der Waals surface area contributed by atoms with Gasteiger partial charge in [0.25, 0.3) is 0 Å². The molecule has 1 amide bonds. The number of amides is 1. The van der Waals surface area contributed by atoms with E-state index in [4.69, 9.17) is 9.47 Å². The summed E-state index contributed by atoms with van der Waals surface area (Å²) < 4.78 is 10.5. The van der Waals surface area contributed by atoms with Crippen molar-refractivity contribution in [3.63, 3.8) is 0 Å². The second-order valence-electron chi connectivity index (χ2n) is 6.85. The third-order valence-corrected chi connectivity index (χ3v) is 3.91. The maximum atomic E-state index is 12.1. The van der Waals surface area contributed by atoms with E-state index in [1.54, 1.807) is 4.90 Å². The van der Waals surface area contributed by atoms with Crippen molar-refractivity contribution in [1.29, 1.82) is 0 Å². The third kappa shape index (κ3) is 5.21. The van der Waals surface area contributed by atoms with Gasteiger partial charge in [-0.2, -0.15) is 0 Å². The number of likely N-dealkylation sites (tertiary alicyclic amines) is 1. The highest BCUT2D eigenvalue weighted by atomic mass is 16.6. The van der Waals surface area contributed by atoms with E-state index in [0.717, 1.165) is 12.8 Å². The van der Waals surface area contributed by atoms with Gasteiger partial charge in [0.1, 0.15) is 5.60 Å². The highest BCUT2D eigenvalue weighted by Crippen LogP contribution is 2.30. The Morgan fingerprint density at radius 1 is 1.33 bits per heavy atom. The van der Waals surface area contributed by atoms with Crippen LogP contribution in [0.4, 0.5) is 4.79 Å². The van der Waals surface area contributed by atoms with Crippen LogP contribution >= 0.6 is 0 Å². The first-order valence-corrected chi connectivity index (χ1v) is 7.82. The number of carbonyl (C=O) groups is 2. The molecule has 0 saturated carbocycles. The van der Waals surface area contributed by atoms with E-state index in [1.807, 2.05) is 41.5 Å². The molecule has 3 atom stereocenters. The summed E-state index contributed by atoms with van der Waals surface area (Å²) in [6, 6.07) is 0.0791. The molecule has 0 aromatic carbocycles. The molecule has 1 fully saturated rings. The van der Waals surface area contributed by atoms with Crippen LogP contribution in [-0.4, -0.2) is 41.8 Å². The Balaban J connectivity index is 2.58. The van der Waals surface area contributed by atoms with Gasteiger partial charge in [-0.05, 0) is 53.4 Å². The van der Waals surface area contributed by atoms with E-state index in [-0.39, 0.29) is 29.9 Å². The first-order chi connectivity index (χ1) is 9.65. The predicted octanol–water partition coefficient (Wildman–Crippen LogP) is 3.22. The zero-order valence-electron chi connectivity index (χ0n) is 14.1. The Morgan fingerprint density at radius 2 is 1.95 bits per heavy atom. The molecule has 5 nitrogen and oxygen atoms in total. The molecule has 0 aromatic rings. The molecule has 1 heterocycles. The van der Waals surface area contributed by atoms with Crippen LogP contribution in [0, 0.1) is 11.8 Å². The lowest BCUT2D eigenvalue weighted by atomic mass is 9.82. The number of rotatable bonds is 3. The minimum absolute atomic E-state index is 0.0791. The van der Waals surface area contributed by atoms with Crippen molar-refractivity contribution in [2.75, 3.05) is 13.2 Å². The molecular formula is C16H29NO4. The van der Waals surface area contributed by atoms with Gasteiger partial charge in [0.2, 0.25) is 0 Å². The maximum Gasteiger partial charge on any atom is 0.410 e. The molecule has 1 aliphatic heterocycles. The van der Waals surface area contributed by atoms with Crippen molar-refractivity contribution in [3.8, 4) is 0 Å². The molecule has 0 aliphatic carbocycles. The molecule has 0 bridgehead atoms. The summed E-state index contributed by atoms with van der Waals surface area (Å²) in [7, 11) is 0. The number of hydrogen-bond acceptors (Lipinski definition) is 4. The predicted molar refractivity (Wildman–Crippen MR) is 80.9 cm³/mol. The van der Waals surface area contributed by atoms with Crippen LogP contribution in [0.2, 0.25) is 0 Å². The maximum absolute atomic E-state index is 12.1. The standard InChI is InChI=1S/C16H29NO4/c1-7-20-14(18)12(3)13-8-9-17(11(2)10-13)15(19)21-16(4,5)6/h11-13H,7-10H2,1-6H3. The monoisotopic (exact) mass is 299 g/mol. The molecule has 21 heavy (non-hydrogen) atoms. The van der Waals surface area contributed by atoms with Gasteiger partial charge in [-0.1, -0.05) is 6.92 Å². The van der Waals surface area contributed by atoms with Gasteiger partial charge >= 0.3 is 12.1 Å². The minimum atomic E-state index is -0.480. The summed E-state index contributed by atoms with van der Waals surface area (Å²) in [5.41, 5.74) is -0.480. The van der Waals surface area contributed by atoms with Gasteiger partial charge in [0.15, 0.2) is 0 Å². The molecule has 122 valence electrons. The number of piperidine rings is 1. The molecule has 1 saturated heterocycles. The van der Waals surface area contributed by atoms with E-state index >= 15 is 0 Å². The first-order valence-electron chi connectivity index (χ1n) is 7.82. The third-order valence-electron chi connectivity index (χ3n) is 3.91. The molecule has 0 aromatic heterocycles. The zero-order chi connectivity index (χ0) is 16.2. The average molecular weight is 299 g/mol. The smallest absolute Gasteiger partial charge is 0.410 e.